The summed E-state index contributed by atoms with van der Waals surface area (Å²) in [4.78, 5) is 20.0. The van der Waals surface area contributed by atoms with Crippen LogP contribution in [0.5, 0.6) is 0 Å². The summed E-state index contributed by atoms with van der Waals surface area (Å²) in [5.74, 6) is 0.973. The zero-order chi connectivity index (χ0) is 25.6. The van der Waals surface area contributed by atoms with E-state index in [9.17, 15) is 8.78 Å². The SMILES string of the molecule is Cc1nc2c(F)cc(-c3nc(Nc4ccc5c(n4)CCN(CC(C)C)C5)ncc3F)cc2n1C(C)C. The van der Waals surface area contributed by atoms with Crippen LogP contribution in [0.2, 0.25) is 0 Å². The standard InChI is InChI=1S/C27H31F2N7/c1-15(2)13-35-9-8-22-18(14-35)6-7-24(32-22)33-27-30-12-21(29)25(34-27)19-10-20(28)26-23(11-19)36(16(3)4)17(5)31-26/h6-7,10-12,15-16H,8-9,13-14H2,1-5H3,(H,30,32,33,34). The molecule has 9 heteroatoms. The van der Waals surface area contributed by atoms with Crippen LogP contribution in [0.1, 0.15) is 50.8 Å². The van der Waals surface area contributed by atoms with Crippen molar-refractivity contribution < 1.29 is 8.78 Å². The highest BCUT2D eigenvalue weighted by atomic mass is 19.1. The van der Waals surface area contributed by atoms with Crippen LogP contribution in [0.15, 0.2) is 30.5 Å². The summed E-state index contributed by atoms with van der Waals surface area (Å²) in [7, 11) is 0. The van der Waals surface area contributed by atoms with Crippen LogP contribution in [0.25, 0.3) is 22.3 Å². The van der Waals surface area contributed by atoms with Gasteiger partial charge in [0.05, 0.1) is 11.7 Å². The molecule has 1 aliphatic heterocycles. The molecule has 0 spiro atoms. The smallest absolute Gasteiger partial charge is 0.229 e. The molecule has 3 aromatic heterocycles. The van der Waals surface area contributed by atoms with Crippen LogP contribution >= 0.6 is 0 Å². The Balaban J connectivity index is 1.44. The van der Waals surface area contributed by atoms with Crippen LogP contribution in [-0.2, 0) is 13.0 Å². The van der Waals surface area contributed by atoms with E-state index in [1.165, 1.54) is 11.6 Å². The number of halogens is 2. The lowest BCUT2D eigenvalue weighted by Gasteiger charge is -2.29. The van der Waals surface area contributed by atoms with Gasteiger partial charge in [0.25, 0.3) is 0 Å². The number of pyridine rings is 1. The maximum absolute atomic E-state index is 15.0. The minimum atomic E-state index is -0.629. The van der Waals surface area contributed by atoms with Gasteiger partial charge in [-0.3, -0.25) is 4.90 Å². The number of nitrogens with zero attached hydrogens (tertiary/aromatic N) is 6. The van der Waals surface area contributed by atoms with E-state index in [-0.39, 0.29) is 23.2 Å². The van der Waals surface area contributed by atoms with Gasteiger partial charge in [0.2, 0.25) is 5.95 Å². The third kappa shape index (κ3) is 4.67. The second-order valence-electron chi connectivity index (χ2n) is 10.1. The molecule has 36 heavy (non-hydrogen) atoms. The molecule has 0 saturated carbocycles. The quantitative estimate of drug-likeness (QED) is 0.367. The first kappa shape index (κ1) is 24.2. The average Bonchev–Trinajstić information content (AvgIpc) is 3.16. The van der Waals surface area contributed by atoms with Crippen molar-refractivity contribution in [3.63, 3.8) is 0 Å². The number of fused-ring (bicyclic) bond motifs is 2. The summed E-state index contributed by atoms with van der Waals surface area (Å²) in [5, 5.41) is 3.10. The van der Waals surface area contributed by atoms with Crippen molar-refractivity contribution in [2.75, 3.05) is 18.4 Å². The maximum Gasteiger partial charge on any atom is 0.229 e. The van der Waals surface area contributed by atoms with Gasteiger partial charge in [0, 0.05) is 43.4 Å². The largest absolute Gasteiger partial charge is 0.326 e. The van der Waals surface area contributed by atoms with E-state index < -0.39 is 11.6 Å². The highest BCUT2D eigenvalue weighted by molar-refractivity contribution is 5.83. The van der Waals surface area contributed by atoms with Gasteiger partial charge >= 0.3 is 0 Å². The molecule has 0 saturated heterocycles. The summed E-state index contributed by atoms with van der Waals surface area (Å²) in [6, 6.07) is 7.03. The third-order valence-corrected chi connectivity index (χ3v) is 6.45. The number of hydrogen-bond donors (Lipinski definition) is 1. The zero-order valence-corrected chi connectivity index (χ0v) is 21.3. The highest BCUT2D eigenvalue weighted by Crippen LogP contribution is 2.30. The Hall–Kier alpha value is -3.46. The molecule has 1 aromatic carbocycles. The Morgan fingerprint density at radius 2 is 1.83 bits per heavy atom. The van der Waals surface area contributed by atoms with Crippen molar-refractivity contribution in [3.8, 4) is 11.3 Å². The van der Waals surface area contributed by atoms with E-state index in [2.05, 4.69) is 45.1 Å². The molecule has 0 fully saturated rings. The minimum absolute atomic E-state index is 0.0183. The Morgan fingerprint density at radius 1 is 1.03 bits per heavy atom. The minimum Gasteiger partial charge on any atom is -0.326 e. The number of anilines is 2. The number of hydrogen-bond acceptors (Lipinski definition) is 6. The molecule has 0 radical (unpaired) electrons. The van der Waals surface area contributed by atoms with Crippen LogP contribution in [0, 0.1) is 24.5 Å². The fraction of sp³-hybridized carbons (Fsp3) is 0.407. The molecule has 0 unspecified atom stereocenters. The molecule has 0 amide bonds. The number of imidazole rings is 1. The molecular formula is C27H31F2N7. The third-order valence-electron chi connectivity index (χ3n) is 6.45. The van der Waals surface area contributed by atoms with Gasteiger partial charge in [-0.15, -0.1) is 0 Å². The van der Waals surface area contributed by atoms with Gasteiger partial charge < -0.3 is 9.88 Å². The Kier molecular flexibility index (Phi) is 6.42. The lowest BCUT2D eigenvalue weighted by atomic mass is 10.0. The van der Waals surface area contributed by atoms with Crippen molar-refractivity contribution in [3.05, 3.63) is 59.2 Å². The zero-order valence-electron chi connectivity index (χ0n) is 21.3. The van der Waals surface area contributed by atoms with E-state index >= 15 is 0 Å². The summed E-state index contributed by atoms with van der Waals surface area (Å²) < 4.78 is 31.7. The monoisotopic (exact) mass is 491 g/mol. The first-order valence-electron chi connectivity index (χ1n) is 12.4. The van der Waals surface area contributed by atoms with Gasteiger partial charge in [-0.2, -0.15) is 0 Å². The lowest BCUT2D eigenvalue weighted by Crippen LogP contribution is -2.33. The van der Waals surface area contributed by atoms with Crippen LogP contribution in [0.4, 0.5) is 20.5 Å². The first-order valence-corrected chi connectivity index (χ1v) is 12.4. The number of aryl methyl sites for hydroxylation is 1. The molecule has 4 heterocycles. The van der Waals surface area contributed by atoms with E-state index in [1.54, 1.807) is 6.07 Å². The maximum atomic E-state index is 15.0. The predicted octanol–water partition coefficient (Wildman–Crippen LogP) is 5.81. The Morgan fingerprint density at radius 3 is 2.58 bits per heavy atom. The fourth-order valence-corrected chi connectivity index (χ4v) is 5.02. The normalized spacial score (nSPS) is 14.1. The molecule has 0 atom stereocenters. The molecule has 5 rings (SSSR count). The summed E-state index contributed by atoms with van der Waals surface area (Å²) in [5.41, 5.74) is 3.48. The Bertz CT molecular complexity index is 1430. The van der Waals surface area contributed by atoms with Crippen molar-refractivity contribution in [2.24, 2.45) is 5.92 Å². The molecular weight excluding hydrogens is 460 g/mol. The van der Waals surface area contributed by atoms with Crippen molar-refractivity contribution in [2.45, 2.75) is 53.6 Å². The van der Waals surface area contributed by atoms with Gasteiger partial charge in [0.15, 0.2) is 11.6 Å². The molecule has 4 aromatic rings. The summed E-state index contributed by atoms with van der Waals surface area (Å²) >= 11 is 0. The van der Waals surface area contributed by atoms with Crippen LogP contribution in [-0.4, -0.2) is 42.5 Å². The van der Waals surface area contributed by atoms with Gasteiger partial charge in [-0.1, -0.05) is 19.9 Å². The summed E-state index contributed by atoms with van der Waals surface area (Å²) in [6.07, 6.45) is 1.97. The van der Waals surface area contributed by atoms with Gasteiger partial charge in [-0.25, -0.2) is 28.7 Å². The summed E-state index contributed by atoms with van der Waals surface area (Å²) in [6.45, 7) is 13.2. The fourth-order valence-electron chi connectivity index (χ4n) is 5.02. The van der Waals surface area contributed by atoms with E-state index in [4.69, 9.17) is 4.98 Å². The van der Waals surface area contributed by atoms with E-state index in [1.807, 2.05) is 31.4 Å². The van der Waals surface area contributed by atoms with Crippen LogP contribution < -0.4 is 5.32 Å². The number of aromatic nitrogens is 5. The van der Waals surface area contributed by atoms with E-state index in [0.29, 0.717) is 28.6 Å². The molecule has 1 aliphatic rings. The van der Waals surface area contributed by atoms with E-state index in [0.717, 1.165) is 37.9 Å². The van der Waals surface area contributed by atoms with Crippen molar-refractivity contribution in [1.29, 1.82) is 0 Å². The predicted molar refractivity (Wildman–Crippen MR) is 137 cm³/mol. The second kappa shape index (κ2) is 9.54. The number of rotatable bonds is 6. The lowest BCUT2D eigenvalue weighted by molar-refractivity contribution is 0.225. The van der Waals surface area contributed by atoms with Gasteiger partial charge in [0.1, 0.15) is 22.9 Å². The molecule has 0 aliphatic carbocycles. The molecule has 1 N–H and O–H groups in total. The topological polar surface area (TPSA) is 71.8 Å². The number of nitrogens with one attached hydrogen (secondary N) is 1. The molecule has 7 nitrogen and oxygen atoms in total. The molecule has 188 valence electrons. The van der Waals surface area contributed by atoms with Crippen molar-refractivity contribution in [1.82, 2.24) is 29.4 Å². The van der Waals surface area contributed by atoms with Crippen molar-refractivity contribution >= 4 is 22.8 Å². The number of benzene rings is 1. The van der Waals surface area contributed by atoms with Gasteiger partial charge in [-0.05, 0) is 50.5 Å². The first-order chi connectivity index (χ1) is 17.2. The van der Waals surface area contributed by atoms with Crippen LogP contribution in [0.3, 0.4) is 0 Å². The second-order valence-corrected chi connectivity index (χ2v) is 10.1. The highest BCUT2D eigenvalue weighted by Gasteiger charge is 2.20. The average molecular weight is 492 g/mol. The Labute approximate surface area is 209 Å². The molecule has 0 bridgehead atoms.